The number of hydrogen-bond donors (Lipinski definition) is 1. The van der Waals surface area contributed by atoms with Crippen molar-refractivity contribution in [2.75, 3.05) is 19.9 Å². The third kappa shape index (κ3) is 3.53. The topological polar surface area (TPSA) is 39.7 Å². The van der Waals surface area contributed by atoms with Crippen molar-refractivity contribution in [2.24, 2.45) is 5.92 Å². The summed E-state index contributed by atoms with van der Waals surface area (Å²) in [7, 11) is 0. The van der Waals surface area contributed by atoms with Gasteiger partial charge in [-0.1, -0.05) is 27.2 Å². The lowest BCUT2D eigenvalue weighted by Crippen LogP contribution is -2.39. The average Bonchev–Trinajstić information content (AvgIpc) is 2.90. The molecule has 0 saturated heterocycles. The highest BCUT2D eigenvalue weighted by Gasteiger charge is 2.17. The third-order valence-electron chi connectivity index (χ3n) is 3.57. The van der Waals surface area contributed by atoms with E-state index in [2.05, 4.69) is 26.1 Å². The Kier molecular flexibility index (Phi) is 4.91. The molecule has 1 aromatic carbocycles. The second-order valence-corrected chi connectivity index (χ2v) is 4.88. The number of nitrogens with one attached hydrogen (secondary N) is 1. The maximum Gasteiger partial charge on any atom is 0.231 e. The molecule has 0 fully saturated rings. The van der Waals surface area contributed by atoms with Crippen LogP contribution in [0.2, 0.25) is 0 Å². The summed E-state index contributed by atoms with van der Waals surface area (Å²) >= 11 is 0. The van der Waals surface area contributed by atoms with Gasteiger partial charge in [-0.2, -0.15) is 0 Å². The van der Waals surface area contributed by atoms with Crippen LogP contribution in [0.5, 0.6) is 17.2 Å². The minimum atomic E-state index is 0.297. The van der Waals surface area contributed by atoms with E-state index in [4.69, 9.17) is 14.2 Å². The Hall–Kier alpha value is -1.42. The first-order valence-electron chi connectivity index (χ1n) is 7.00. The van der Waals surface area contributed by atoms with E-state index in [1.807, 2.05) is 18.2 Å². The summed E-state index contributed by atoms with van der Waals surface area (Å²) in [5.41, 5.74) is 0. The van der Waals surface area contributed by atoms with Crippen LogP contribution in [0.25, 0.3) is 0 Å². The Bertz CT molecular complexity index is 408. The maximum absolute atomic E-state index is 5.87. The van der Waals surface area contributed by atoms with Gasteiger partial charge in [0.05, 0.1) is 0 Å². The van der Waals surface area contributed by atoms with E-state index < -0.39 is 0 Å². The van der Waals surface area contributed by atoms with Crippen molar-refractivity contribution < 1.29 is 14.2 Å². The van der Waals surface area contributed by atoms with Crippen molar-refractivity contribution in [3.8, 4) is 17.2 Å². The minimum absolute atomic E-state index is 0.297. The molecule has 2 atom stereocenters. The zero-order valence-corrected chi connectivity index (χ0v) is 11.9. The van der Waals surface area contributed by atoms with E-state index in [0.29, 0.717) is 25.4 Å². The molecule has 1 heterocycles. The summed E-state index contributed by atoms with van der Waals surface area (Å²) in [5.74, 6) is 2.97. The van der Waals surface area contributed by atoms with Crippen molar-refractivity contribution in [3.63, 3.8) is 0 Å². The maximum atomic E-state index is 5.87. The molecule has 2 rings (SSSR count). The molecule has 0 aliphatic carbocycles. The lowest BCUT2D eigenvalue weighted by Gasteiger charge is -2.24. The number of fused-ring (bicyclic) bond motifs is 1. The summed E-state index contributed by atoms with van der Waals surface area (Å²) in [6, 6.07) is 6.08. The monoisotopic (exact) mass is 265 g/mol. The van der Waals surface area contributed by atoms with Gasteiger partial charge >= 0.3 is 0 Å². The average molecular weight is 265 g/mol. The number of hydrogen-bond acceptors (Lipinski definition) is 4. The predicted octanol–water partition coefficient (Wildman–Crippen LogP) is 2.82. The highest BCUT2D eigenvalue weighted by molar-refractivity contribution is 5.46. The van der Waals surface area contributed by atoms with Gasteiger partial charge < -0.3 is 19.5 Å². The fraction of sp³-hybridized carbons (Fsp3) is 0.600. The first kappa shape index (κ1) is 14.0. The first-order valence-corrected chi connectivity index (χ1v) is 7.00. The lowest BCUT2D eigenvalue weighted by molar-refractivity contribution is 0.173. The van der Waals surface area contributed by atoms with E-state index in [-0.39, 0.29) is 0 Å². The van der Waals surface area contributed by atoms with Crippen LogP contribution in [-0.2, 0) is 0 Å². The Morgan fingerprint density at radius 1 is 1.26 bits per heavy atom. The molecule has 1 aliphatic rings. The quantitative estimate of drug-likeness (QED) is 0.823. The molecule has 0 amide bonds. The van der Waals surface area contributed by atoms with Crippen molar-refractivity contribution in [1.29, 1.82) is 0 Å². The van der Waals surface area contributed by atoms with E-state index >= 15 is 0 Å². The normalized spacial score (nSPS) is 16.2. The molecular formula is C15H23NO3. The van der Waals surface area contributed by atoms with Crippen LogP contribution in [0, 0.1) is 5.92 Å². The Labute approximate surface area is 115 Å². The SMILES string of the molecule is CCNC(COc1ccc2c(c1)OCO2)C(C)CC. The fourth-order valence-corrected chi connectivity index (χ4v) is 2.12. The van der Waals surface area contributed by atoms with Crippen LogP contribution in [0.1, 0.15) is 27.2 Å². The van der Waals surface area contributed by atoms with Gasteiger partial charge in [-0.15, -0.1) is 0 Å². The summed E-state index contributed by atoms with van der Waals surface area (Å²) in [5, 5.41) is 3.47. The van der Waals surface area contributed by atoms with Gasteiger partial charge in [0.15, 0.2) is 11.5 Å². The molecule has 1 N–H and O–H groups in total. The van der Waals surface area contributed by atoms with Crippen LogP contribution in [0.15, 0.2) is 18.2 Å². The van der Waals surface area contributed by atoms with Gasteiger partial charge in [0.2, 0.25) is 6.79 Å². The van der Waals surface area contributed by atoms with Crippen LogP contribution in [0.4, 0.5) is 0 Å². The van der Waals surface area contributed by atoms with E-state index in [0.717, 1.165) is 30.2 Å². The Balaban J connectivity index is 1.93. The Morgan fingerprint density at radius 2 is 2.05 bits per heavy atom. The fourth-order valence-electron chi connectivity index (χ4n) is 2.12. The van der Waals surface area contributed by atoms with Gasteiger partial charge in [0.1, 0.15) is 12.4 Å². The van der Waals surface area contributed by atoms with Gasteiger partial charge in [-0.3, -0.25) is 0 Å². The molecule has 0 spiro atoms. The van der Waals surface area contributed by atoms with Crippen molar-refractivity contribution in [3.05, 3.63) is 18.2 Å². The summed E-state index contributed by atoms with van der Waals surface area (Å²) < 4.78 is 16.5. The summed E-state index contributed by atoms with van der Waals surface area (Å²) in [6.07, 6.45) is 1.14. The molecule has 0 saturated carbocycles. The van der Waals surface area contributed by atoms with Crippen LogP contribution < -0.4 is 19.5 Å². The highest BCUT2D eigenvalue weighted by Crippen LogP contribution is 2.35. The second kappa shape index (κ2) is 6.66. The molecule has 0 bridgehead atoms. The van der Waals surface area contributed by atoms with Gasteiger partial charge in [0, 0.05) is 12.1 Å². The smallest absolute Gasteiger partial charge is 0.231 e. The van der Waals surface area contributed by atoms with Crippen molar-refractivity contribution in [2.45, 2.75) is 33.2 Å². The highest BCUT2D eigenvalue weighted by atomic mass is 16.7. The largest absolute Gasteiger partial charge is 0.492 e. The third-order valence-corrected chi connectivity index (χ3v) is 3.57. The minimum Gasteiger partial charge on any atom is -0.492 e. The molecular weight excluding hydrogens is 242 g/mol. The number of likely N-dealkylation sites (N-methyl/N-ethyl adjacent to an activating group) is 1. The van der Waals surface area contributed by atoms with Crippen molar-refractivity contribution in [1.82, 2.24) is 5.32 Å². The van der Waals surface area contributed by atoms with E-state index in [1.54, 1.807) is 0 Å². The van der Waals surface area contributed by atoms with Gasteiger partial charge in [0.25, 0.3) is 0 Å². The molecule has 19 heavy (non-hydrogen) atoms. The van der Waals surface area contributed by atoms with Crippen LogP contribution >= 0.6 is 0 Å². The molecule has 4 nitrogen and oxygen atoms in total. The van der Waals surface area contributed by atoms with Gasteiger partial charge in [-0.25, -0.2) is 0 Å². The molecule has 1 aliphatic heterocycles. The Morgan fingerprint density at radius 3 is 2.79 bits per heavy atom. The summed E-state index contributed by atoms with van der Waals surface area (Å²) in [6.45, 7) is 8.50. The van der Waals surface area contributed by atoms with Crippen molar-refractivity contribution >= 4 is 0 Å². The van der Waals surface area contributed by atoms with E-state index in [9.17, 15) is 0 Å². The van der Waals surface area contributed by atoms with Gasteiger partial charge in [-0.05, 0) is 24.6 Å². The molecule has 106 valence electrons. The zero-order valence-electron chi connectivity index (χ0n) is 11.9. The van der Waals surface area contributed by atoms with Crippen LogP contribution in [-0.4, -0.2) is 26.0 Å². The standard InChI is InChI=1S/C15H23NO3/c1-4-11(3)13(16-5-2)9-17-12-6-7-14-15(8-12)19-10-18-14/h6-8,11,13,16H,4-5,9-10H2,1-3H3. The number of rotatable bonds is 7. The predicted molar refractivity (Wildman–Crippen MR) is 75.0 cm³/mol. The molecule has 0 aromatic heterocycles. The summed E-state index contributed by atoms with van der Waals surface area (Å²) in [4.78, 5) is 0. The molecule has 1 aromatic rings. The zero-order chi connectivity index (χ0) is 13.7. The number of benzene rings is 1. The molecule has 2 unspecified atom stereocenters. The van der Waals surface area contributed by atoms with Crippen LogP contribution in [0.3, 0.4) is 0 Å². The van der Waals surface area contributed by atoms with E-state index in [1.165, 1.54) is 0 Å². The lowest BCUT2D eigenvalue weighted by atomic mass is 10.00. The molecule has 4 heteroatoms. The molecule has 0 radical (unpaired) electrons. The first-order chi connectivity index (χ1) is 9.24. The number of ether oxygens (including phenoxy) is 3. The second-order valence-electron chi connectivity index (χ2n) is 4.88.